The molecule has 1 aromatic carbocycles. The third kappa shape index (κ3) is 4.56. The molecule has 1 saturated carbocycles. The van der Waals surface area contributed by atoms with E-state index in [1.165, 1.54) is 25.5 Å². The fraction of sp³-hybridized carbons (Fsp3) is 0.556. The molecule has 0 aliphatic heterocycles. The van der Waals surface area contributed by atoms with Crippen molar-refractivity contribution in [1.82, 2.24) is 5.32 Å². The first-order valence-corrected chi connectivity index (χ1v) is 9.05. The summed E-state index contributed by atoms with van der Waals surface area (Å²) in [5.41, 5.74) is 0.0642. The van der Waals surface area contributed by atoms with Gasteiger partial charge in [0.2, 0.25) is 0 Å². The highest BCUT2D eigenvalue weighted by Gasteiger charge is 2.30. The van der Waals surface area contributed by atoms with Crippen LogP contribution in [-0.4, -0.2) is 24.0 Å². The zero-order valence-electron chi connectivity index (χ0n) is 14.1. The summed E-state index contributed by atoms with van der Waals surface area (Å²) < 4.78 is 18.9. The van der Waals surface area contributed by atoms with Gasteiger partial charge in [-0.2, -0.15) is 0 Å². The molecule has 4 nitrogen and oxygen atoms in total. The van der Waals surface area contributed by atoms with E-state index in [4.69, 9.17) is 4.74 Å². The first-order chi connectivity index (χ1) is 11.3. The van der Waals surface area contributed by atoms with Crippen LogP contribution in [-0.2, 0) is 9.53 Å². The first-order valence-electron chi connectivity index (χ1n) is 8.26. The maximum absolute atomic E-state index is 13.3. The lowest BCUT2D eigenvalue weighted by atomic mass is 9.78. The average molecular weight is 400 g/mol. The molecule has 6 heteroatoms. The van der Waals surface area contributed by atoms with Crippen molar-refractivity contribution in [1.29, 1.82) is 0 Å². The van der Waals surface area contributed by atoms with E-state index in [-0.39, 0.29) is 17.5 Å². The van der Waals surface area contributed by atoms with Gasteiger partial charge in [-0.15, -0.1) is 0 Å². The molecule has 4 atom stereocenters. The minimum atomic E-state index is -0.933. The summed E-state index contributed by atoms with van der Waals surface area (Å²) in [6.07, 6.45) is 2.26. The quantitative estimate of drug-likeness (QED) is 0.776. The average Bonchev–Trinajstić information content (AvgIpc) is 2.53. The van der Waals surface area contributed by atoms with Gasteiger partial charge in [-0.1, -0.05) is 26.7 Å². The van der Waals surface area contributed by atoms with E-state index in [1.54, 1.807) is 0 Å². The van der Waals surface area contributed by atoms with E-state index in [0.717, 1.165) is 18.9 Å². The molecule has 0 radical (unpaired) electrons. The Morgan fingerprint density at radius 1 is 1.33 bits per heavy atom. The number of amides is 1. The number of rotatable bonds is 4. The van der Waals surface area contributed by atoms with Crippen molar-refractivity contribution in [2.24, 2.45) is 11.8 Å². The Labute approximate surface area is 150 Å². The summed E-state index contributed by atoms with van der Waals surface area (Å²) in [7, 11) is 0. The Balaban J connectivity index is 1.96. The maximum Gasteiger partial charge on any atom is 0.340 e. The number of carbonyl (C=O) groups excluding carboxylic acids is 2. The van der Waals surface area contributed by atoms with Gasteiger partial charge in [0.25, 0.3) is 5.91 Å². The second-order valence-corrected chi connectivity index (χ2v) is 7.41. The van der Waals surface area contributed by atoms with Gasteiger partial charge >= 0.3 is 5.97 Å². The van der Waals surface area contributed by atoms with Crippen LogP contribution in [0.25, 0.3) is 0 Å². The number of carbonyl (C=O) groups is 2. The summed E-state index contributed by atoms with van der Waals surface area (Å²) in [5, 5.41) is 2.98. The van der Waals surface area contributed by atoms with Crippen LogP contribution >= 0.6 is 15.9 Å². The van der Waals surface area contributed by atoms with Gasteiger partial charge in [0.15, 0.2) is 6.10 Å². The number of esters is 1. The molecule has 1 amide bonds. The molecule has 1 aliphatic carbocycles. The van der Waals surface area contributed by atoms with Crippen molar-refractivity contribution in [3.63, 3.8) is 0 Å². The van der Waals surface area contributed by atoms with Gasteiger partial charge in [0.1, 0.15) is 5.82 Å². The molecule has 0 heterocycles. The molecule has 0 saturated heterocycles. The van der Waals surface area contributed by atoms with Gasteiger partial charge in [-0.25, -0.2) is 9.18 Å². The lowest BCUT2D eigenvalue weighted by Gasteiger charge is -2.35. The number of hydrogen-bond donors (Lipinski definition) is 1. The number of benzene rings is 1. The van der Waals surface area contributed by atoms with E-state index in [9.17, 15) is 14.0 Å². The van der Waals surface area contributed by atoms with Crippen molar-refractivity contribution in [2.75, 3.05) is 0 Å². The molecule has 132 valence electrons. The summed E-state index contributed by atoms with van der Waals surface area (Å²) in [6.45, 7) is 5.85. The molecule has 1 fully saturated rings. The highest BCUT2D eigenvalue weighted by atomic mass is 79.9. The molecule has 2 rings (SSSR count). The van der Waals surface area contributed by atoms with Crippen molar-refractivity contribution in [3.8, 4) is 0 Å². The maximum atomic E-state index is 13.3. The molecule has 0 spiro atoms. The molecule has 1 aromatic rings. The Hall–Kier alpha value is -1.43. The lowest BCUT2D eigenvalue weighted by Crippen LogP contribution is -2.47. The fourth-order valence-corrected chi connectivity index (χ4v) is 3.43. The highest BCUT2D eigenvalue weighted by molar-refractivity contribution is 9.10. The number of ether oxygens (including phenoxy) is 1. The molecule has 0 bridgehead atoms. The topological polar surface area (TPSA) is 55.4 Å². The summed E-state index contributed by atoms with van der Waals surface area (Å²) >= 11 is 3.18. The van der Waals surface area contributed by atoms with Crippen LogP contribution in [0.1, 0.15) is 50.4 Å². The van der Waals surface area contributed by atoms with Crippen LogP contribution < -0.4 is 5.32 Å². The van der Waals surface area contributed by atoms with Crippen LogP contribution in [0.3, 0.4) is 0 Å². The monoisotopic (exact) mass is 399 g/mol. The summed E-state index contributed by atoms with van der Waals surface area (Å²) in [5.74, 6) is -0.628. The summed E-state index contributed by atoms with van der Waals surface area (Å²) in [4.78, 5) is 24.5. The second-order valence-electron chi connectivity index (χ2n) is 6.55. The molecule has 24 heavy (non-hydrogen) atoms. The summed E-state index contributed by atoms with van der Waals surface area (Å²) in [6, 6.07) is 3.86. The van der Waals surface area contributed by atoms with Crippen LogP contribution in [0.4, 0.5) is 4.39 Å². The van der Waals surface area contributed by atoms with Crippen LogP contribution in [0.5, 0.6) is 0 Å². The van der Waals surface area contributed by atoms with Crippen LogP contribution in [0.2, 0.25) is 0 Å². The predicted octanol–water partition coefficient (Wildman–Crippen LogP) is 4.07. The van der Waals surface area contributed by atoms with Crippen molar-refractivity contribution < 1.29 is 18.7 Å². The SMILES string of the molecule is C[C@H]1[C@@H](NC(=O)[C@@H](C)OC(=O)c2cc(F)ccc2Br)CCC[C@@H]1C. The zero-order valence-corrected chi connectivity index (χ0v) is 15.7. The Morgan fingerprint density at radius 2 is 2.04 bits per heavy atom. The minimum absolute atomic E-state index is 0.0642. The zero-order chi connectivity index (χ0) is 17.9. The second kappa shape index (κ2) is 8.10. The van der Waals surface area contributed by atoms with Crippen molar-refractivity contribution in [2.45, 2.75) is 52.2 Å². The number of hydrogen-bond acceptors (Lipinski definition) is 3. The fourth-order valence-electron chi connectivity index (χ4n) is 3.02. The molecule has 1 aliphatic rings. The van der Waals surface area contributed by atoms with E-state index >= 15 is 0 Å². The molecular formula is C18H23BrFNO3. The smallest absolute Gasteiger partial charge is 0.340 e. The molecule has 0 aromatic heterocycles. The normalized spacial score (nSPS) is 25.0. The largest absolute Gasteiger partial charge is 0.449 e. The van der Waals surface area contributed by atoms with Crippen LogP contribution in [0, 0.1) is 17.7 Å². The van der Waals surface area contributed by atoms with Gasteiger partial charge in [0, 0.05) is 10.5 Å². The molecule has 0 unspecified atom stereocenters. The molecule has 1 N–H and O–H groups in total. The third-order valence-corrected chi connectivity index (χ3v) is 5.53. The predicted molar refractivity (Wildman–Crippen MR) is 93.1 cm³/mol. The van der Waals surface area contributed by atoms with E-state index in [1.807, 2.05) is 0 Å². The van der Waals surface area contributed by atoms with Crippen molar-refractivity contribution >= 4 is 27.8 Å². The van der Waals surface area contributed by atoms with Crippen LogP contribution in [0.15, 0.2) is 22.7 Å². The minimum Gasteiger partial charge on any atom is -0.449 e. The standard InChI is InChI=1S/C18H23BrFNO3/c1-10-5-4-6-16(11(10)2)21-17(22)12(3)24-18(23)14-9-13(20)7-8-15(14)19/h7-12,16H,4-6H2,1-3H3,(H,21,22)/t10-,11+,12+,16-/m0/s1. The third-order valence-electron chi connectivity index (χ3n) is 4.84. The highest BCUT2D eigenvalue weighted by Crippen LogP contribution is 2.29. The molecular weight excluding hydrogens is 377 g/mol. The van der Waals surface area contributed by atoms with Gasteiger partial charge < -0.3 is 10.1 Å². The number of halogens is 2. The lowest BCUT2D eigenvalue weighted by molar-refractivity contribution is -0.130. The Kier molecular flexibility index (Phi) is 6.38. The van der Waals surface area contributed by atoms with Gasteiger partial charge in [0.05, 0.1) is 5.56 Å². The van der Waals surface area contributed by atoms with E-state index in [2.05, 4.69) is 35.1 Å². The Bertz CT molecular complexity index is 622. The van der Waals surface area contributed by atoms with E-state index < -0.39 is 17.9 Å². The van der Waals surface area contributed by atoms with E-state index in [0.29, 0.717) is 16.3 Å². The first kappa shape index (κ1) is 18.9. The Morgan fingerprint density at radius 3 is 2.75 bits per heavy atom. The number of nitrogens with one attached hydrogen (secondary N) is 1. The van der Waals surface area contributed by atoms with Gasteiger partial charge in [-0.3, -0.25) is 4.79 Å². The van der Waals surface area contributed by atoms with Crippen molar-refractivity contribution in [3.05, 3.63) is 34.1 Å². The van der Waals surface area contributed by atoms with Gasteiger partial charge in [-0.05, 0) is 59.3 Å².